The lowest BCUT2D eigenvalue weighted by Gasteiger charge is -2.09. The van der Waals surface area contributed by atoms with Crippen molar-refractivity contribution in [1.29, 1.82) is 0 Å². The van der Waals surface area contributed by atoms with Gasteiger partial charge in [-0.1, -0.05) is 60.0 Å². The van der Waals surface area contributed by atoms with E-state index in [1.165, 1.54) is 25.7 Å². The maximum absolute atomic E-state index is 3.76. The highest BCUT2D eigenvalue weighted by molar-refractivity contribution is 4.74. The number of allylic oxidation sites excluding steroid dienone is 1. The normalized spacial score (nSPS) is 13.9. The molecule has 0 rings (SSSR count). The fraction of sp³-hybridized carbons (Fsp3) is 0.846. The molecule has 0 nitrogen and oxygen atoms in total. The first-order valence-electron chi connectivity index (χ1n) is 5.74. The summed E-state index contributed by atoms with van der Waals surface area (Å²) in [6.45, 7) is 14.8. The van der Waals surface area contributed by atoms with E-state index < -0.39 is 0 Å². The molecule has 0 saturated heterocycles. The van der Waals surface area contributed by atoms with Gasteiger partial charge in [0.2, 0.25) is 0 Å². The van der Waals surface area contributed by atoms with Gasteiger partial charge in [0.05, 0.1) is 0 Å². The molecule has 0 saturated carbocycles. The minimum Gasteiger partial charge on any atom is -0.103 e. The molecule has 0 aliphatic heterocycles. The summed E-state index contributed by atoms with van der Waals surface area (Å²) < 4.78 is 0. The Morgan fingerprint density at radius 2 is 1.54 bits per heavy atom. The second kappa shape index (κ2) is 11.7. The predicted molar refractivity (Wildman–Crippen MR) is 64.0 cm³/mol. The molecule has 0 aromatic carbocycles. The first-order valence-corrected chi connectivity index (χ1v) is 5.74. The van der Waals surface area contributed by atoms with Crippen LogP contribution in [0, 0.1) is 11.8 Å². The van der Waals surface area contributed by atoms with Gasteiger partial charge in [0, 0.05) is 0 Å². The molecule has 0 bridgehead atoms. The first kappa shape index (κ1) is 15.2. The molecule has 0 aliphatic rings. The maximum Gasteiger partial charge on any atom is -0.0265 e. The van der Waals surface area contributed by atoms with Gasteiger partial charge in [-0.25, -0.2) is 0 Å². The van der Waals surface area contributed by atoms with Crippen LogP contribution in [0.2, 0.25) is 0 Å². The highest BCUT2D eigenvalue weighted by Gasteiger charge is 2.00. The van der Waals surface area contributed by atoms with Gasteiger partial charge < -0.3 is 0 Å². The molecule has 0 spiro atoms. The van der Waals surface area contributed by atoms with E-state index >= 15 is 0 Å². The summed E-state index contributed by atoms with van der Waals surface area (Å²) >= 11 is 0. The Morgan fingerprint density at radius 3 is 1.85 bits per heavy atom. The molecule has 2 unspecified atom stereocenters. The third kappa shape index (κ3) is 14.6. The van der Waals surface area contributed by atoms with Crippen molar-refractivity contribution < 1.29 is 0 Å². The average molecular weight is 184 g/mol. The Hall–Kier alpha value is -0.260. The van der Waals surface area contributed by atoms with Crippen molar-refractivity contribution in [3.63, 3.8) is 0 Å². The summed E-state index contributed by atoms with van der Waals surface area (Å²) in [6.07, 6.45) is 7.26. The Kier molecular flexibility index (Phi) is 13.7. The van der Waals surface area contributed by atoms with Crippen molar-refractivity contribution in [3.05, 3.63) is 12.7 Å². The zero-order valence-electron chi connectivity index (χ0n) is 10.3. The number of rotatable bonds is 5. The van der Waals surface area contributed by atoms with Crippen molar-refractivity contribution in [1.82, 2.24) is 0 Å². The lowest BCUT2D eigenvalue weighted by Crippen LogP contribution is -1.96. The van der Waals surface area contributed by atoms with Crippen LogP contribution in [-0.2, 0) is 0 Å². The van der Waals surface area contributed by atoms with E-state index in [0.29, 0.717) is 5.92 Å². The van der Waals surface area contributed by atoms with Crippen molar-refractivity contribution in [2.75, 3.05) is 0 Å². The molecule has 0 amide bonds. The van der Waals surface area contributed by atoms with E-state index in [0.717, 1.165) is 5.92 Å². The molecule has 0 radical (unpaired) electrons. The van der Waals surface area contributed by atoms with E-state index in [4.69, 9.17) is 0 Å². The summed E-state index contributed by atoms with van der Waals surface area (Å²) in [5, 5.41) is 0. The maximum atomic E-state index is 3.76. The second-order valence-electron chi connectivity index (χ2n) is 4.01. The summed E-state index contributed by atoms with van der Waals surface area (Å²) in [4.78, 5) is 0. The van der Waals surface area contributed by atoms with Crippen molar-refractivity contribution in [2.45, 2.75) is 60.3 Å². The first-order chi connectivity index (χ1) is 6.12. The second-order valence-corrected chi connectivity index (χ2v) is 4.01. The van der Waals surface area contributed by atoms with E-state index in [9.17, 15) is 0 Å². The van der Waals surface area contributed by atoms with Gasteiger partial charge in [-0.2, -0.15) is 0 Å². The highest BCUT2D eigenvalue weighted by atomic mass is 14.1. The highest BCUT2D eigenvalue weighted by Crippen LogP contribution is 2.14. The largest absolute Gasteiger partial charge is 0.103 e. The minimum atomic E-state index is 0.703. The van der Waals surface area contributed by atoms with Crippen LogP contribution in [0.15, 0.2) is 12.7 Å². The predicted octanol–water partition coefficient (Wildman–Crippen LogP) is 5.05. The van der Waals surface area contributed by atoms with Crippen LogP contribution in [0.5, 0.6) is 0 Å². The molecular formula is C13H28. The molecule has 0 heterocycles. The van der Waals surface area contributed by atoms with Gasteiger partial charge in [0.15, 0.2) is 0 Å². The molecule has 0 aromatic heterocycles. The van der Waals surface area contributed by atoms with E-state index in [1.54, 1.807) is 0 Å². The Labute approximate surface area is 85.4 Å². The fourth-order valence-electron chi connectivity index (χ4n) is 0.869. The third-order valence-corrected chi connectivity index (χ3v) is 2.21. The Morgan fingerprint density at radius 1 is 1.08 bits per heavy atom. The van der Waals surface area contributed by atoms with Crippen LogP contribution in [0.3, 0.4) is 0 Å². The van der Waals surface area contributed by atoms with Gasteiger partial charge in [-0.3, -0.25) is 0 Å². The number of hydrogen-bond acceptors (Lipinski definition) is 0. The van der Waals surface area contributed by atoms with Gasteiger partial charge >= 0.3 is 0 Å². The number of hydrogen-bond donors (Lipinski definition) is 0. The van der Waals surface area contributed by atoms with Gasteiger partial charge in [-0.05, 0) is 18.3 Å². The molecule has 0 aliphatic carbocycles. The molecule has 0 aromatic rings. The van der Waals surface area contributed by atoms with Crippen LogP contribution in [0.4, 0.5) is 0 Å². The van der Waals surface area contributed by atoms with Crippen LogP contribution in [0.1, 0.15) is 60.3 Å². The summed E-state index contributed by atoms with van der Waals surface area (Å²) in [5.41, 5.74) is 0. The zero-order valence-corrected chi connectivity index (χ0v) is 10.3. The SMILES string of the molecule is C=CC(C)CCC(C)CC.CCC. The third-order valence-electron chi connectivity index (χ3n) is 2.21. The van der Waals surface area contributed by atoms with Crippen LogP contribution in [0.25, 0.3) is 0 Å². The van der Waals surface area contributed by atoms with Crippen LogP contribution in [-0.4, -0.2) is 0 Å². The molecule has 0 N–H and O–H groups in total. The zero-order chi connectivity index (χ0) is 10.7. The standard InChI is InChI=1S/C10H20.C3H8/c1-5-9(3)7-8-10(4)6-2;1-3-2/h5,9-10H,1,6-8H2,2-4H3;3H2,1-2H3. The summed E-state index contributed by atoms with van der Waals surface area (Å²) in [6, 6.07) is 0. The van der Waals surface area contributed by atoms with Gasteiger partial charge in [-0.15, -0.1) is 6.58 Å². The van der Waals surface area contributed by atoms with Gasteiger partial charge in [0.25, 0.3) is 0 Å². The van der Waals surface area contributed by atoms with E-state index in [-0.39, 0.29) is 0 Å². The minimum absolute atomic E-state index is 0.703. The smallest absolute Gasteiger partial charge is 0.0265 e. The van der Waals surface area contributed by atoms with E-state index in [2.05, 4.69) is 41.2 Å². The van der Waals surface area contributed by atoms with Crippen LogP contribution < -0.4 is 0 Å². The van der Waals surface area contributed by atoms with Crippen molar-refractivity contribution in [2.24, 2.45) is 11.8 Å². The van der Waals surface area contributed by atoms with E-state index in [1.807, 2.05) is 6.08 Å². The fourth-order valence-corrected chi connectivity index (χ4v) is 0.869. The average Bonchev–Trinajstić information content (AvgIpc) is 2.14. The van der Waals surface area contributed by atoms with Crippen molar-refractivity contribution >= 4 is 0 Å². The lowest BCUT2D eigenvalue weighted by molar-refractivity contribution is 0.460. The molecule has 0 fully saturated rings. The van der Waals surface area contributed by atoms with Crippen molar-refractivity contribution in [3.8, 4) is 0 Å². The Balaban J connectivity index is 0. The monoisotopic (exact) mass is 184 g/mol. The molecular weight excluding hydrogens is 156 g/mol. The van der Waals surface area contributed by atoms with Crippen LogP contribution >= 0.6 is 0 Å². The Bertz CT molecular complexity index is 94.2. The summed E-state index contributed by atoms with van der Waals surface area (Å²) in [7, 11) is 0. The molecule has 2 atom stereocenters. The lowest BCUT2D eigenvalue weighted by atomic mass is 9.97. The summed E-state index contributed by atoms with van der Waals surface area (Å²) in [5.74, 6) is 1.59. The topological polar surface area (TPSA) is 0 Å². The molecule has 13 heavy (non-hydrogen) atoms. The quantitative estimate of drug-likeness (QED) is 0.524. The van der Waals surface area contributed by atoms with Gasteiger partial charge in [0.1, 0.15) is 0 Å². The molecule has 0 heteroatoms. The molecule has 80 valence electrons.